The number of rotatable bonds is 5. The van der Waals surface area contributed by atoms with Gasteiger partial charge < -0.3 is 9.84 Å². The van der Waals surface area contributed by atoms with E-state index in [1.165, 1.54) is 0 Å². The lowest BCUT2D eigenvalue weighted by molar-refractivity contribution is -0.223. The largest absolute Gasteiger partial charge is 0.478 e. The van der Waals surface area contributed by atoms with Crippen molar-refractivity contribution in [1.82, 2.24) is 0 Å². The number of benzene rings is 1. The quantitative estimate of drug-likeness (QED) is 0.494. The van der Waals surface area contributed by atoms with E-state index in [4.69, 9.17) is 5.11 Å². The third-order valence-corrected chi connectivity index (χ3v) is 2.75. The highest BCUT2D eigenvalue weighted by atomic mass is 19.4. The van der Waals surface area contributed by atoms with Gasteiger partial charge in [0.25, 0.3) is 0 Å². The summed E-state index contributed by atoms with van der Waals surface area (Å²) in [5.41, 5.74) is -2.59. The van der Waals surface area contributed by atoms with Crippen LogP contribution in [0, 0.1) is 0 Å². The zero-order valence-electron chi connectivity index (χ0n) is 11.7. The number of aliphatic carboxylic acids is 1. The summed E-state index contributed by atoms with van der Waals surface area (Å²) < 4.78 is 80.3. The predicted octanol–water partition coefficient (Wildman–Crippen LogP) is 3.88. The SMILES string of the molecule is C=C(CC(=O)O[C@H](c1ccc(C(F)(F)F)cc1)C(F)(F)F)C(=O)O. The Morgan fingerprint density at radius 1 is 1.08 bits per heavy atom. The van der Waals surface area contributed by atoms with Crippen LogP contribution in [0.15, 0.2) is 36.4 Å². The molecule has 4 nitrogen and oxygen atoms in total. The molecule has 0 radical (unpaired) electrons. The molecule has 0 spiro atoms. The van der Waals surface area contributed by atoms with Gasteiger partial charge in [-0.05, 0) is 12.1 Å². The Labute approximate surface area is 131 Å². The molecule has 0 aliphatic heterocycles. The molecule has 24 heavy (non-hydrogen) atoms. The molecular formula is C14H10F6O4. The summed E-state index contributed by atoms with van der Waals surface area (Å²) >= 11 is 0. The smallest absolute Gasteiger partial charge is 0.429 e. The van der Waals surface area contributed by atoms with Crippen LogP contribution in [-0.2, 0) is 20.5 Å². The van der Waals surface area contributed by atoms with Crippen LogP contribution >= 0.6 is 0 Å². The second kappa shape index (κ2) is 6.93. The summed E-state index contributed by atoms with van der Waals surface area (Å²) in [4.78, 5) is 21.9. The minimum absolute atomic E-state index is 0.415. The second-order valence-electron chi connectivity index (χ2n) is 4.62. The molecule has 0 saturated heterocycles. The average Bonchev–Trinajstić information content (AvgIpc) is 2.42. The number of hydrogen-bond donors (Lipinski definition) is 1. The Kier molecular flexibility index (Phi) is 5.64. The maximum Gasteiger partial charge on any atom is 0.429 e. The maximum absolute atomic E-state index is 13.0. The number of hydrogen-bond acceptors (Lipinski definition) is 3. The second-order valence-corrected chi connectivity index (χ2v) is 4.62. The first-order chi connectivity index (χ1) is 10.8. The van der Waals surface area contributed by atoms with Crippen LogP contribution in [0.1, 0.15) is 23.7 Å². The monoisotopic (exact) mass is 356 g/mol. The lowest BCUT2D eigenvalue weighted by atomic mass is 10.1. The lowest BCUT2D eigenvalue weighted by Crippen LogP contribution is -2.26. The van der Waals surface area contributed by atoms with E-state index in [0.717, 1.165) is 0 Å². The zero-order valence-corrected chi connectivity index (χ0v) is 11.7. The molecular weight excluding hydrogens is 346 g/mol. The minimum Gasteiger partial charge on any atom is -0.478 e. The normalized spacial score (nSPS) is 13.2. The standard InChI is InChI=1S/C14H10F6O4/c1-7(12(22)23)6-10(21)24-11(14(18,19)20)8-2-4-9(5-3-8)13(15,16)17/h2-5,11H,1,6H2,(H,22,23)/t11-/m1/s1. The summed E-state index contributed by atoms with van der Waals surface area (Å²) in [6.07, 6.45) is -13.7. The Balaban J connectivity index is 3.00. The topological polar surface area (TPSA) is 63.6 Å². The molecule has 0 saturated carbocycles. The van der Waals surface area contributed by atoms with Gasteiger partial charge in [-0.2, -0.15) is 26.3 Å². The van der Waals surface area contributed by atoms with Crippen molar-refractivity contribution in [2.75, 3.05) is 0 Å². The van der Waals surface area contributed by atoms with Gasteiger partial charge in [-0.1, -0.05) is 18.7 Å². The first-order valence-electron chi connectivity index (χ1n) is 6.16. The van der Waals surface area contributed by atoms with Gasteiger partial charge in [0.2, 0.25) is 6.10 Å². The minimum atomic E-state index is -5.10. The van der Waals surface area contributed by atoms with Crippen LogP contribution in [-0.4, -0.2) is 23.2 Å². The third kappa shape index (κ3) is 5.28. The van der Waals surface area contributed by atoms with Crippen molar-refractivity contribution in [3.05, 3.63) is 47.5 Å². The van der Waals surface area contributed by atoms with Crippen molar-refractivity contribution in [2.24, 2.45) is 0 Å². The molecule has 1 rings (SSSR count). The number of carboxylic acids is 1. The van der Waals surface area contributed by atoms with Crippen molar-refractivity contribution >= 4 is 11.9 Å². The lowest BCUT2D eigenvalue weighted by Gasteiger charge is -2.21. The van der Waals surface area contributed by atoms with Crippen LogP contribution in [0.4, 0.5) is 26.3 Å². The molecule has 1 atom stereocenters. The van der Waals surface area contributed by atoms with Crippen molar-refractivity contribution < 1.29 is 45.8 Å². The van der Waals surface area contributed by atoms with Gasteiger partial charge in [-0.3, -0.25) is 4.79 Å². The highest BCUT2D eigenvalue weighted by Gasteiger charge is 2.44. The summed E-state index contributed by atoms with van der Waals surface area (Å²) in [5, 5.41) is 8.51. The van der Waals surface area contributed by atoms with Gasteiger partial charge in [0.1, 0.15) is 0 Å². The fraction of sp³-hybridized carbons (Fsp3) is 0.286. The van der Waals surface area contributed by atoms with Crippen LogP contribution in [0.3, 0.4) is 0 Å². The third-order valence-electron chi connectivity index (χ3n) is 2.75. The molecule has 0 aliphatic carbocycles. The van der Waals surface area contributed by atoms with E-state index in [0.29, 0.717) is 24.3 Å². The number of carboxylic acid groups (broad SMARTS) is 1. The van der Waals surface area contributed by atoms with Crippen molar-refractivity contribution in [2.45, 2.75) is 24.9 Å². The Morgan fingerprint density at radius 3 is 1.96 bits per heavy atom. The number of carbonyl (C=O) groups excluding carboxylic acids is 1. The molecule has 0 bridgehead atoms. The first-order valence-corrected chi connectivity index (χ1v) is 6.16. The van der Waals surface area contributed by atoms with Crippen LogP contribution < -0.4 is 0 Å². The summed E-state index contributed by atoms with van der Waals surface area (Å²) in [6.45, 7) is 2.97. The fourth-order valence-electron chi connectivity index (χ4n) is 1.59. The van der Waals surface area contributed by atoms with E-state index >= 15 is 0 Å². The van der Waals surface area contributed by atoms with Gasteiger partial charge in [-0.25, -0.2) is 4.79 Å². The first kappa shape index (κ1) is 19.5. The molecule has 0 amide bonds. The summed E-state index contributed by atoms with van der Waals surface area (Å²) in [6, 6.07) is 1.89. The van der Waals surface area contributed by atoms with Crippen LogP contribution in [0.25, 0.3) is 0 Å². The summed E-state index contributed by atoms with van der Waals surface area (Å²) in [7, 11) is 0. The zero-order chi connectivity index (χ0) is 18.7. The van der Waals surface area contributed by atoms with E-state index in [1.54, 1.807) is 0 Å². The van der Waals surface area contributed by atoms with E-state index in [-0.39, 0.29) is 0 Å². The number of alkyl halides is 6. The Morgan fingerprint density at radius 2 is 1.58 bits per heavy atom. The van der Waals surface area contributed by atoms with E-state index in [1.807, 2.05) is 0 Å². The van der Waals surface area contributed by atoms with Crippen molar-refractivity contribution in [3.63, 3.8) is 0 Å². The van der Waals surface area contributed by atoms with Crippen molar-refractivity contribution in [3.8, 4) is 0 Å². The van der Waals surface area contributed by atoms with Gasteiger partial charge in [-0.15, -0.1) is 0 Å². The molecule has 1 aromatic carbocycles. The average molecular weight is 356 g/mol. The Hall–Kier alpha value is -2.52. The molecule has 0 heterocycles. The molecule has 0 aliphatic rings. The number of ether oxygens (including phenoxy) is 1. The van der Waals surface area contributed by atoms with Crippen LogP contribution in [0.2, 0.25) is 0 Å². The molecule has 1 aromatic rings. The van der Waals surface area contributed by atoms with E-state index in [2.05, 4.69) is 11.3 Å². The maximum atomic E-state index is 13.0. The molecule has 132 valence electrons. The van der Waals surface area contributed by atoms with Gasteiger partial charge in [0.05, 0.1) is 12.0 Å². The number of carbonyl (C=O) groups is 2. The molecule has 1 N–H and O–H groups in total. The molecule has 0 unspecified atom stereocenters. The van der Waals surface area contributed by atoms with Gasteiger partial charge in [0, 0.05) is 11.1 Å². The fourth-order valence-corrected chi connectivity index (χ4v) is 1.59. The number of halogens is 6. The summed E-state index contributed by atoms with van der Waals surface area (Å²) in [5.74, 6) is -3.12. The predicted molar refractivity (Wildman–Crippen MR) is 67.7 cm³/mol. The van der Waals surface area contributed by atoms with Gasteiger partial charge >= 0.3 is 24.3 Å². The molecule has 10 heteroatoms. The van der Waals surface area contributed by atoms with Gasteiger partial charge in [0.15, 0.2) is 0 Å². The van der Waals surface area contributed by atoms with E-state index < -0.39 is 53.5 Å². The van der Waals surface area contributed by atoms with Crippen molar-refractivity contribution in [1.29, 1.82) is 0 Å². The molecule has 0 aromatic heterocycles. The molecule has 0 fully saturated rings. The highest BCUT2D eigenvalue weighted by Crippen LogP contribution is 2.37. The Bertz CT molecular complexity index is 630. The van der Waals surface area contributed by atoms with Crippen LogP contribution in [0.5, 0.6) is 0 Å². The van der Waals surface area contributed by atoms with E-state index in [9.17, 15) is 35.9 Å². The number of esters is 1. The highest BCUT2D eigenvalue weighted by molar-refractivity contribution is 5.91.